The Morgan fingerprint density at radius 1 is 1.27 bits per heavy atom. The van der Waals surface area contributed by atoms with Gasteiger partial charge in [0, 0.05) is 43.6 Å². The number of nitrogens with two attached hydrogens (primary N) is 1. The van der Waals surface area contributed by atoms with Crippen LogP contribution in [-0.2, 0) is 22.7 Å². The molecule has 8 nitrogen and oxygen atoms in total. The second-order valence-electron chi connectivity index (χ2n) is 7.27. The standard InChI is InChI=1S/C21H27N5O3S/c1-3-6-26-17(12-28-2)24-19-20(26)15-11-14(4-5-16(15)23-21(19)22)29-13-18(27)25-7-9-30-10-8-25/h4-5,11H,3,6-10,12-13H2,1-2H3,(H2,22,23). The Hall–Kier alpha value is -2.52. The number of nitrogens with zero attached hydrogens (tertiary/aromatic N) is 4. The molecular weight excluding hydrogens is 402 g/mol. The Morgan fingerprint density at radius 2 is 2.07 bits per heavy atom. The highest BCUT2D eigenvalue weighted by atomic mass is 32.2. The normalized spacial score (nSPS) is 14.5. The molecule has 0 aliphatic carbocycles. The van der Waals surface area contributed by atoms with Crippen LogP contribution in [0.5, 0.6) is 5.75 Å². The average molecular weight is 430 g/mol. The summed E-state index contributed by atoms with van der Waals surface area (Å²) in [5, 5.41) is 0.904. The number of hydrogen-bond donors (Lipinski definition) is 1. The minimum Gasteiger partial charge on any atom is -0.484 e. The number of carbonyl (C=O) groups is 1. The van der Waals surface area contributed by atoms with Crippen molar-refractivity contribution in [3.63, 3.8) is 0 Å². The highest BCUT2D eigenvalue weighted by molar-refractivity contribution is 7.99. The fourth-order valence-corrected chi connectivity index (χ4v) is 4.68. The van der Waals surface area contributed by atoms with Gasteiger partial charge in [0.05, 0.1) is 11.0 Å². The molecule has 2 N–H and O–H groups in total. The second kappa shape index (κ2) is 9.09. The number of hydrogen-bond acceptors (Lipinski definition) is 7. The van der Waals surface area contributed by atoms with Gasteiger partial charge in [0.25, 0.3) is 5.91 Å². The number of anilines is 1. The lowest BCUT2D eigenvalue weighted by atomic mass is 10.1. The Kier molecular flexibility index (Phi) is 6.29. The van der Waals surface area contributed by atoms with Gasteiger partial charge in [0.15, 0.2) is 12.4 Å². The first-order valence-corrected chi connectivity index (χ1v) is 11.3. The fraction of sp³-hybridized carbons (Fsp3) is 0.476. The average Bonchev–Trinajstić information content (AvgIpc) is 3.12. The molecule has 0 unspecified atom stereocenters. The van der Waals surface area contributed by atoms with Gasteiger partial charge < -0.3 is 24.7 Å². The molecule has 9 heteroatoms. The number of rotatable bonds is 7. The van der Waals surface area contributed by atoms with Gasteiger partial charge in [-0.1, -0.05) is 6.92 Å². The molecule has 1 saturated heterocycles. The maximum absolute atomic E-state index is 12.4. The van der Waals surface area contributed by atoms with Crippen LogP contribution in [0.2, 0.25) is 0 Å². The van der Waals surface area contributed by atoms with Crippen LogP contribution in [0.4, 0.5) is 5.82 Å². The number of fused-ring (bicyclic) bond motifs is 3. The lowest BCUT2D eigenvalue weighted by Crippen LogP contribution is -2.40. The Balaban J connectivity index is 1.69. The summed E-state index contributed by atoms with van der Waals surface area (Å²) in [7, 11) is 1.65. The molecule has 1 aliphatic heterocycles. The summed E-state index contributed by atoms with van der Waals surface area (Å²) in [6.45, 7) is 4.91. The van der Waals surface area contributed by atoms with Gasteiger partial charge in [-0.25, -0.2) is 9.97 Å². The maximum atomic E-state index is 12.4. The van der Waals surface area contributed by atoms with Gasteiger partial charge in [-0.3, -0.25) is 4.79 Å². The molecule has 1 amide bonds. The van der Waals surface area contributed by atoms with Crippen molar-refractivity contribution in [1.29, 1.82) is 0 Å². The van der Waals surface area contributed by atoms with Crippen LogP contribution in [-0.4, -0.2) is 63.7 Å². The van der Waals surface area contributed by atoms with Crippen molar-refractivity contribution in [2.75, 3.05) is 44.0 Å². The van der Waals surface area contributed by atoms with E-state index in [-0.39, 0.29) is 12.5 Å². The highest BCUT2D eigenvalue weighted by Gasteiger charge is 2.19. The number of amides is 1. The van der Waals surface area contributed by atoms with Crippen molar-refractivity contribution >= 4 is 45.4 Å². The number of aryl methyl sites for hydroxylation is 1. The molecule has 1 aliphatic rings. The monoisotopic (exact) mass is 429 g/mol. The first-order chi connectivity index (χ1) is 14.6. The third kappa shape index (κ3) is 4.04. The molecule has 0 radical (unpaired) electrons. The summed E-state index contributed by atoms with van der Waals surface area (Å²) >= 11 is 1.88. The molecule has 3 heterocycles. The van der Waals surface area contributed by atoms with E-state index in [0.29, 0.717) is 23.7 Å². The van der Waals surface area contributed by atoms with Crippen LogP contribution in [0.1, 0.15) is 19.2 Å². The van der Waals surface area contributed by atoms with Gasteiger partial charge in [-0.15, -0.1) is 0 Å². The topological polar surface area (TPSA) is 95.5 Å². The Labute approximate surface area is 179 Å². The number of aromatic nitrogens is 3. The minimum absolute atomic E-state index is 0.0226. The quantitative estimate of drug-likeness (QED) is 0.617. The molecule has 3 aromatic rings. The second-order valence-corrected chi connectivity index (χ2v) is 8.49. The van der Waals surface area contributed by atoms with Crippen LogP contribution in [0.15, 0.2) is 18.2 Å². The maximum Gasteiger partial charge on any atom is 0.260 e. The Morgan fingerprint density at radius 3 is 2.80 bits per heavy atom. The molecule has 0 atom stereocenters. The number of nitrogen functional groups attached to an aromatic ring is 1. The number of thioether (sulfide) groups is 1. The van der Waals surface area contributed by atoms with Crippen LogP contribution >= 0.6 is 11.8 Å². The number of imidazole rings is 1. The smallest absolute Gasteiger partial charge is 0.260 e. The van der Waals surface area contributed by atoms with E-state index >= 15 is 0 Å². The van der Waals surface area contributed by atoms with Gasteiger partial charge in [-0.2, -0.15) is 11.8 Å². The summed E-state index contributed by atoms with van der Waals surface area (Å²) in [5.41, 5.74) is 8.57. The molecule has 30 heavy (non-hydrogen) atoms. The van der Waals surface area contributed by atoms with Gasteiger partial charge >= 0.3 is 0 Å². The molecule has 0 spiro atoms. The van der Waals surface area contributed by atoms with E-state index in [4.69, 9.17) is 15.2 Å². The van der Waals surface area contributed by atoms with Crippen molar-refractivity contribution in [3.05, 3.63) is 24.0 Å². The molecule has 0 saturated carbocycles. The van der Waals surface area contributed by atoms with E-state index in [1.807, 2.05) is 34.9 Å². The van der Waals surface area contributed by atoms with Crippen LogP contribution < -0.4 is 10.5 Å². The van der Waals surface area contributed by atoms with Crippen molar-refractivity contribution < 1.29 is 14.3 Å². The number of methoxy groups -OCH3 is 1. The van der Waals surface area contributed by atoms with E-state index in [0.717, 1.165) is 59.8 Å². The zero-order valence-corrected chi connectivity index (χ0v) is 18.2. The van der Waals surface area contributed by atoms with E-state index in [9.17, 15) is 4.79 Å². The first-order valence-electron chi connectivity index (χ1n) is 10.2. The SMILES string of the molecule is CCCn1c(COC)nc2c(N)nc3ccc(OCC(=O)N4CCSCC4)cc3c21. The van der Waals surface area contributed by atoms with Crippen LogP contribution in [0.3, 0.4) is 0 Å². The summed E-state index contributed by atoms with van der Waals surface area (Å²) in [4.78, 5) is 23.5. The molecule has 0 bridgehead atoms. The van der Waals surface area contributed by atoms with E-state index in [2.05, 4.69) is 21.5 Å². The lowest BCUT2D eigenvalue weighted by Gasteiger charge is -2.26. The predicted molar refractivity (Wildman–Crippen MR) is 120 cm³/mol. The number of carbonyl (C=O) groups excluding carboxylic acids is 1. The minimum atomic E-state index is 0.0226. The highest BCUT2D eigenvalue weighted by Crippen LogP contribution is 2.31. The largest absolute Gasteiger partial charge is 0.484 e. The van der Waals surface area contributed by atoms with E-state index in [1.54, 1.807) is 7.11 Å². The molecule has 1 fully saturated rings. The molecular formula is C21H27N5O3S. The number of pyridine rings is 1. The third-order valence-electron chi connectivity index (χ3n) is 5.20. The summed E-state index contributed by atoms with van der Waals surface area (Å²) in [6.07, 6.45) is 0.949. The Bertz CT molecular complexity index is 1060. The molecule has 4 rings (SSSR count). The van der Waals surface area contributed by atoms with Gasteiger partial charge in [-0.05, 0) is 24.6 Å². The zero-order chi connectivity index (χ0) is 21.1. The predicted octanol–water partition coefficient (Wildman–Crippen LogP) is 2.68. The van der Waals surface area contributed by atoms with E-state index < -0.39 is 0 Å². The van der Waals surface area contributed by atoms with Crippen molar-refractivity contribution in [3.8, 4) is 5.75 Å². The molecule has 1 aromatic carbocycles. The summed E-state index contributed by atoms with van der Waals surface area (Å²) < 4.78 is 13.3. The number of benzene rings is 1. The van der Waals surface area contributed by atoms with Gasteiger partial charge in [0.1, 0.15) is 23.7 Å². The zero-order valence-electron chi connectivity index (χ0n) is 17.4. The lowest BCUT2D eigenvalue weighted by molar-refractivity contribution is -0.132. The first kappa shape index (κ1) is 20.7. The summed E-state index contributed by atoms with van der Waals surface area (Å²) in [6, 6.07) is 5.63. The van der Waals surface area contributed by atoms with Crippen molar-refractivity contribution in [2.24, 2.45) is 0 Å². The van der Waals surface area contributed by atoms with Gasteiger partial charge in [0.2, 0.25) is 0 Å². The fourth-order valence-electron chi connectivity index (χ4n) is 3.78. The third-order valence-corrected chi connectivity index (χ3v) is 6.14. The van der Waals surface area contributed by atoms with Crippen LogP contribution in [0.25, 0.3) is 21.9 Å². The molecule has 160 valence electrons. The van der Waals surface area contributed by atoms with Crippen LogP contribution in [0, 0.1) is 0 Å². The van der Waals surface area contributed by atoms with Crippen molar-refractivity contribution in [2.45, 2.75) is 26.5 Å². The summed E-state index contributed by atoms with van der Waals surface area (Å²) in [5.74, 6) is 3.84. The molecule has 2 aromatic heterocycles. The van der Waals surface area contributed by atoms with Crippen molar-refractivity contribution in [1.82, 2.24) is 19.4 Å². The number of ether oxygens (including phenoxy) is 2. The van der Waals surface area contributed by atoms with E-state index in [1.165, 1.54) is 0 Å².